The van der Waals surface area contributed by atoms with E-state index in [1.165, 1.54) is 0 Å². The van der Waals surface area contributed by atoms with Crippen LogP contribution in [0.5, 0.6) is 0 Å². The van der Waals surface area contributed by atoms with Gasteiger partial charge in [0, 0.05) is 19.6 Å². The molecule has 6 nitrogen and oxygen atoms in total. The first kappa shape index (κ1) is 10.8. The van der Waals surface area contributed by atoms with E-state index < -0.39 is 28.1 Å². The van der Waals surface area contributed by atoms with Gasteiger partial charge in [0.2, 0.25) is 0 Å². The Hall–Kier alpha value is -0.210. The van der Waals surface area contributed by atoms with Crippen molar-refractivity contribution in [1.29, 1.82) is 0 Å². The fraction of sp³-hybridized carbons (Fsp3) is 1.00. The highest BCUT2D eigenvalue weighted by Crippen LogP contribution is 2.11. The van der Waals surface area contributed by atoms with Crippen LogP contribution in [0.2, 0.25) is 0 Å². The van der Waals surface area contributed by atoms with Crippen molar-refractivity contribution < 1.29 is 18.1 Å². The van der Waals surface area contributed by atoms with Crippen molar-refractivity contribution in [2.45, 2.75) is 11.3 Å². The molecule has 0 saturated carbocycles. The van der Waals surface area contributed by atoms with E-state index >= 15 is 0 Å². The normalized spacial score (nSPS) is 17.8. The maximum Gasteiger partial charge on any atom is 0.285 e. The van der Waals surface area contributed by atoms with Gasteiger partial charge < -0.3 is 16.6 Å². The maximum atomic E-state index is 10.5. The first-order chi connectivity index (χ1) is 4.87. The second-order valence-electron chi connectivity index (χ2n) is 2.22. The maximum absolute atomic E-state index is 10.5. The molecule has 0 aliphatic heterocycles. The van der Waals surface area contributed by atoms with Crippen molar-refractivity contribution in [1.82, 2.24) is 0 Å². The molecule has 0 aliphatic carbocycles. The summed E-state index contributed by atoms with van der Waals surface area (Å²) in [6.07, 6.45) is -0.275. The Balaban J connectivity index is 4.61. The van der Waals surface area contributed by atoms with Crippen LogP contribution in [0.25, 0.3) is 0 Å². The third-order valence-corrected chi connectivity index (χ3v) is 2.79. The van der Waals surface area contributed by atoms with Gasteiger partial charge in [0.25, 0.3) is 10.1 Å². The van der Waals surface area contributed by atoms with Crippen LogP contribution >= 0.6 is 0 Å². The summed E-state index contributed by atoms with van der Waals surface area (Å²) in [5.41, 5.74) is 10.2. The number of rotatable bonds is 4. The first-order valence-corrected chi connectivity index (χ1v) is 4.38. The molecule has 1 atom stereocenters. The Morgan fingerprint density at radius 1 is 1.45 bits per heavy atom. The lowest BCUT2D eigenvalue weighted by molar-refractivity contribution is 0.261. The lowest BCUT2D eigenvalue weighted by atomic mass is 10.2. The van der Waals surface area contributed by atoms with Crippen molar-refractivity contribution in [3.63, 3.8) is 0 Å². The molecule has 0 aromatic rings. The number of aliphatic hydroxyl groups excluding tert-OH is 1. The minimum atomic E-state index is -4.38. The molecule has 0 aromatic heterocycles. The topological polar surface area (TPSA) is 127 Å². The van der Waals surface area contributed by atoms with Crippen LogP contribution in [0, 0.1) is 0 Å². The molecule has 11 heavy (non-hydrogen) atoms. The number of aliphatic hydroxyl groups is 1. The summed E-state index contributed by atoms with van der Waals surface area (Å²) < 4.78 is 29.6. The van der Waals surface area contributed by atoms with Crippen LogP contribution in [-0.4, -0.2) is 36.1 Å². The highest BCUT2D eigenvalue weighted by molar-refractivity contribution is 7.87. The Labute approximate surface area is 64.9 Å². The van der Waals surface area contributed by atoms with Crippen LogP contribution in [0.4, 0.5) is 0 Å². The zero-order chi connectivity index (χ0) is 9.12. The summed E-state index contributed by atoms with van der Waals surface area (Å²) in [7, 11) is -4.38. The van der Waals surface area contributed by atoms with E-state index in [-0.39, 0.29) is 6.42 Å². The van der Waals surface area contributed by atoms with Gasteiger partial charge in [0.05, 0.1) is 0 Å². The molecular weight excluding hydrogens is 172 g/mol. The second kappa shape index (κ2) is 3.46. The zero-order valence-electron chi connectivity index (χ0n) is 5.90. The molecule has 68 valence electrons. The molecule has 0 rings (SSSR count). The van der Waals surface area contributed by atoms with Crippen molar-refractivity contribution in [3.8, 4) is 0 Å². The monoisotopic (exact) mass is 184 g/mol. The van der Waals surface area contributed by atoms with Crippen molar-refractivity contribution in [3.05, 3.63) is 0 Å². The standard InChI is InChI=1S/C4H12N2O4S/c5-3-4(6,1-2-7)11(8,9)10/h7H,1-3,5-6H2,(H,8,9,10). The molecule has 6 N–H and O–H groups in total. The Morgan fingerprint density at radius 3 is 2.00 bits per heavy atom. The van der Waals surface area contributed by atoms with Gasteiger partial charge in [0.15, 0.2) is 4.87 Å². The average Bonchev–Trinajstić information content (AvgIpc) is 1.86. The summed E-state index contributed by atoms with van der Waals surface area (Å²) in [5, 5.41) is 8.39. The van der Waals surface area contributed by atoms with Crippen LogP contribution < -0.4 is 11.5 Å². The molecule has 0 aliphatic rings. The predicted molar refractivity (Wildman–Crippen MR) is 39.2 cm³/mol. The van der Waals surface area contributed by atoms with Gasteiger partial charge in [0.1, 0.15) is 0 Å². The van der Waals surface area contributed by atoms with Crippen LogP contribution in [-0.2, 0) is 10.1 Å². The molecule has 0 bridgehead atoms. The zero-order valence-corrected chi connectivity index (χ0v) is 6.71. The van der Waals surface area contributed by atoms with E-state index in [2.05, 4.69) is 0 Å². The van der Waals surface area contributed by atoms with Gasteiger partial charge in [-0.15, -0.1) is 0 Å². The van der Waals surface area contributed by atoms with Crippen LogP contribution in [0.3, 0.4) is 0 Å². The lowest BCUT2D eigenvalue weighted by Gasteiger charge is -2.22. The van der Waals surface area contributed by atoms with Gasteiger partial charge in [-0.2, -0.15) is 8.42 Å². The molecule has 0 spiro atoms. The van der Waals surface area contributed by atoms with Gasteiger partial charge in [-0.25, -0.2) is 0 Å². The van der Waals surface area contributed by atoms with E-state index in [4.69, 9.17) is 21.1 Å². The molecule has 0 amide bonds. The molecule has 0 heterocycles. The van der Waals surface area contributed by atoms with Crippen LogP contribution in [0.1, 0.15) is 6.42 Å². The largest absolute Gasteiger partial charge is 0.396 e. The van der Waals surface area contributed by atoms with Gasteiger partial charge in [-0.05, 0) is 0 Å². The average molecular weight is 184 g/mol. The summed E-state index contributed by atoms with van der Waals surface area (Å²) in [5.74, 6) is 0. The van der Waals surface area contributed by atoms with E-state index in [1.54, 1.807) is 0 Å². The molecule has 0 saturated heterocycles. The van der Waals surface area contributed by atoms with E-state index in [1.807, 2.05) is 0 Å². The molecule has 0 aromatic carbocycles. The summed E-state index contributed by atoms with van der Waals surface area (Å²) >= 11 is 0. The second-order valence-corrected chi connectivity index (χ2v) is 3.98. The summed E-state index contributed by atoms with van der Waals surface area (Å²) in [6.45, 7) is -0.861. The fourth-order valence-electron chi connectivity index (χ4n) is 0.526. The van der Waals surface area contributed by atoms with Crippen LogP contribution in [0.15, 0.2) is 0 Å². The van der Waals surface area contributed by atoms with Gasteiger partial charge >= 0.3 is 0 Å². The summed E-state index contributed by atoms with van der Waals surface area (Å²) in [6, 6.07) is 0. The van der Waals surface area contributed by atoms with Crippen molar-refractivity contribution >= 4 is 10.1 Å². The molecule has 0 fully saturated rings. The van der Waals surface area contributed by atoms with E-state index in [0.29, 0.717) is 0 Å². The van der Waals surface area contributed by atoms with Gasteiger partial charge in [-0.3, -0.25) is 4.55 Å². The highest BCUT2D eigenvalue weighted by Gasteiger charge is 2.36. The molecule has 1 unspecified atom stereocenters. The third kappa shape index (κ3) is 2.38. The Morgan fingerprint density at radius 2 is 1.91 bits per heavy atom. The third-order valence-electron chi connectivity index (χ3n) is 1.39. The molecule has 7 heteroatoms. The minimum absolute atomic E-state index is 0.275. The predicted octanol–water partition coefficient (Wildman–Crippen LogP) is -2.13. The minimum Gasteiger partial charge on any atom is -0.396 e. The Kier molecular flexibility index (Phi) is 3.39. The smallest absolute Gasteiger partial charge is 0.285 e. The SMILES string of the molecule is NCC(N)(CCO)S(=O)(=O)O. The highest BCUT2D eigenvalue weighted by atomic mass is 32.2. The Bertz CT molecular complexity index is 214. The number of hydrogen-bond acceptors (Lipinski definition) is 5. The number of nitrogens with two attached hydrogens (primary N) is 2. The van der Waals surface area contributed by atoms with E-state index in [9.17, 15) is 8.42 Å². The molecular formula is C4H12N2O4S. The summed E-state index contributed by atoms with van der Waals surface area (Å²) in [4.78, 5) is -1.91. The molecule has 0 radical (unpaired) electrons. The van der Waals surface area contributed by atoms with Crippen molar-refractivity contribution in [2.75, 3.05) is 13.2 Å². The van der Waals surface area contributed by atoms with Crippen molar-refractivity contribution in [2.24, 2.45) is 11.5 Å². The fourth-order valence-corrected chi connectivity index (χ4v) is 1.09. The first-order valence-electron chi connectivity index (χ1n) is 2.94. The quantitative estimate of drug-likeness (QED) is 0.370. The van der Waals surface area contributed by atoms with E-state index in [0.717, 1.165) is 0 Å². The van der Waals surface area contributed by atoms with Gasteiger partial charge in [-0.1, -0.05) is 0 Å². The lowest BCUT2D eigenvalue weighted by Crippen LogP contribution is -2.54. The number of hydrogen-bond donors (Lipinski definition) is 4.